The third-order valence-electron chi connectivity index (χ3n) is 5.35. The highest BCUT2D eigenvalue weighted by Crippen LogP contribution is 2.25. The van der Waals surface area contributed by atoms with Crippen molar-refractivity contribution in [3.05, 3.63) is 41.2 Å². The fourth-order valence-corrected chi connectivity index (χ4v) is 6.39. The maximum atomic E-state index is 13.4. The molecule has 2 aromatic rings. The number of amides is 1. The van der Waals surface area contributed by atoms with Crippen molar-refractivity contribution in [2.75, 3.05) is 37.7 Å². The predicted octanol–water partition coefficient (Wildman–Crippen LogP) is 1.82. The molecule has 0 saturated carbocycles. The lowest BCUT2D eigenvalue weighted by atomic mass is 10.2. The summed E-state index contributed by atoms with van der Waals surface area (Å²) in [6, 6.07) is 6.37. The summed E-state index contributed by atoms with van der Waals surface area (Å²) in [5.41, 5.74) is 1.41. The van der Waals surface area contributed by atoms with E-state index < -0.39 is 9.84 Å². The highest BCUT2D eigenvalue weighted by Gasteiger charge is 2.34. The molecule has 2 fully saturated rings. The van der Waals surface area contributed by atoms with Gasteiger partial charge in [-0.15, -0.1) is 11.3 Å². The van der Waals surface area contributed by atoms with Gasteiger partial charge in [-0.05, 0) is 18.6 Å². The third kappa shape index (κ3) is 4.42. The van der Waals surface area contributed by atoms with Crippen molar-refractivity contribution in [1.82, 2.24) is 14.8 Å². The lowest BCUT2D eigenvalue weighted by Gasteiger charge is -2.37. The predicted molar refractivity (Wildman–Crippen MR) is 106 cm³/mol. The van der Waals surface area contributed by atoms with E-state index in [9.17, 15) is 17.6 Å². The Hall–Kier alpha value is -1.84. The molecule has 4 rings (SSSR count). The second-order valence-corrected chi connectivity index (χ2v) is 10.4. The van der Waals surface area contributed by atoms with Crippen LogP contribution in [0.4, 0.5) is 4.39 Å². The topological polar surface area (TPSA) is 70.6 Å². The number of nitrogens with zero attached hydrogens (tertiary/aromatic N) is 3. The molecule has 1 amide bonds. The van der Waals surface area contributed by atoms with Gasteiger partial charge in [0.05, 0.1) is 23.6 Å². The molecular formula is C19H22FN3O3S2. The standard InChI is InChI=1S/C19H22FN3O3S2/c20-15-3-1-2-14(10-15)19-21-16(12-27-19)11-18(24)23-7-5-22(6-8-23)17-4-9-28(25,26)13-17/h1-3,10,12,17H,4-9,11,13H2. The number of sulfone groups is 1. The van der Waals surface area contributed by atoms with Gasteiger partial charge in [-0.25, -0.2) is 17.8 Å². The van der Waals surface area contributed by atoms with E-state index in [4.69, 9.17) is 0 Å². The Bertz CT molecular complexity index is 968. The lowest BCUT2D eigenvalue weighted by molar-refractivity contribution is -0.132. The van der Waals surface area contributed by atoms with E-state index in [1.165, 1.54) is 23.5 Å². The van der Waals surface area contributed by atoms with Crippen LogP contribution < -0.4 is 0 Å². The Balaban J connectivity index is 1.32. The van der Waals surface area contributed by atoms with Gasteiger partial charge < -0.3 is 4.90 Å². The Kier molecular flexibility index (Phi) is 5.48. The highest BCUT2D eigenvalue weighted by molar-refractivity contribution is 7.91. The van der Waals surface area contributed by atoms with E-state index >= 15 is 0 Å². The minimum absolute atomic E-state index is 0.0229. The van der Waals surface area contributed by atoms with Crippen molar-refractivity contribution in [1.29, 1.82) is 0 Å². The summed E-state index contributed by atoms with van der Waals surface area (Å²) < 4.78 is 36.7. The molecule has 2 aliphatic rings. The van der Waals surface area contributed by atoms with Crippen LogP contribution in [0.15, 0.2) is 29.6 Å². The molecule has 1 unspecified atom stereocenters. The van der Waals surface area contributed by atoms with Crippen LogP contribution in [0.3, 0.4) is 0 Å². The quantitative estimate of drug-likeness (QED) is 0.750. The van der Waals surface area contributed by atoms with Crippen LogP contribution in [0.2, 0.25) is 0 Å². The zero-order chi connectivity index (χ0) is 19.7. The maximum Gasteiger partial charge on any atom is 0.228 e. The van der Waals surface area contributed by atoms with E-state index in [0.29, 0.717) is 48.9 Å². The van der Waals surface area contributed by atoms with Gasteiger partial charge in [-0.2, -0.15) is 0 Å². The average Bonchev–Trinajstić information content (AvgIpc) is 3.28. The number of hydrogen-bond acceptors (Lipinski definition) is 6. The van der Waals surface area contributed by atoms with Crippen LogP contribution in [0.25, 0.3) is 10.6 Å². The SMILES string of the molecule is O=C(Cc1csc(-c2cccc(F)c2)n1)N1CCN(C2CCS(=O)(=O)C2)CC1. The Morgan fingerprint density at radius 2 is 2.04 bits per heavy atom. The molecule has 0 bridgehead atoms. The molecule has 2 saturated heterocycles. The summed E-state index contributed by atoms with van der Waals surface area (Å²) in [6.07, 6.45) is 0.918. The van der Waals surface area contributed by atoms with Crippen LogP contribution in [0.5, 0.6) is 0 Å². The molecule has 3 heterocycles. The highest BCUT2D eigenvalue weighted by atomic mass is 32.2. The van der Waals surface area contributed by atoms with Crippen LogP contribution in [-0.4, -0.2) is 72.8 Å². The number of aromatic nitrogens is 1. The average molecular weight is 424 g/mol. The Morgan fingerprint density at radius 1 is 1.25 bits per heavy atom. The van der Waals surface area contributed by atoms with E-state index in [-0.39, 0.29) is 35.7 Å². The second-order valence-electron chi connectivity index (χ2n) is 7.30. The van der Waals surface area contributed by atoms with Crippen LogP contribution in [0, 0.1) is 5.82 Å². The first kappa shape index (κ1) is 19.5. The van der Waals surface area contributed by atoms with E-state index in [2.05, 4.69) is 9.88 Å². The number of rotatable bonds is 4. The summed E-state index contributed by atoms with van der Waals surface area (Å²) in [6.45, 7) is 2.63. The second kappa shape index (κ2) is 7.88. The number of hydrogen-bond donors (Lipinski definition) is 0. The minimum atomic E-state index is -2.89. The molecule has 1 atom stereocenters. The normalized spacial score (nSPS) is 22.5. The van der Waals surface area contributed by atoms with Gasteiger partial charge in [0.25, 0.3) is 0 Å². The third-order valence-corrected chi connectivity index (χ3v) is 8.04. The molecule has 2 aliphatic heterocycles. The van der Waals surface area contributed by atoms with Crippen molar-refractivity contribution < 1.29 is 17.6 Å². The minimum Gasteiger partial charge on any atom is -0.340 e. The fraction of sp³-hybridized carbons (Fsp3) is 0.474. The number of halogens is 1. The van der Waals surface area contributed by atoms with Gasteiger partial charge in [-0.3, -0.25) is 9.69 Å². The van der Waals surface area contributed by atoms with Crippen molar-refractivity contribution in [2.45, 2.75) is 18.9 Å². The van der Waals surface area contributed by atoms with Crippen molar-refractivity contribution in [2.24, 2.45) is 0 Å². The lowest BCUT2D eigenvalue weighted by Crippen LogP contribution is -2.52. The monoisotopic (exact) mass is 423 g/mol. The molecule has 28 heavy (non-hydrogen) atoms. The molecule has 0 radical (unpaired) electrons. The summed E-state index contributed by atoms with van der Waals surface area (Å²) in [4.78, 5) is 21.1. The molecule has 1 aromatic heterocycles. The molecule has 6 nitrogen and oxygen atoms in total. The van der Waals surface area contributed by atoms with E-state index in [1.54, 1.807) is 12.1 Å². The molecule has 9 heteroatoms. The molecular weight excluding hydrogens is 401 g/mol. The molecule has 1 aromatic carbocycles. The largest absolute Gasteiger partial charge is 0.340 e. The van der Waals surface area contributed by atoms with Gasteiger partial charge >= 0.3 is 0 Å². The first-order valence-corrected chi connectivity index (χ1v) is 12.0. The Morgan fingerprint density at radius 3 is 2.71 bits per heavy atom. The fourth-order valence-electron chi connectivity index (χ4n) is 3.81. The number of carbonyl (C=O) groups is 1. The first-order chi connectivity index (χ1) is 13.4. The van der Waals surface area contributed by atoms with Crippen LogP contribution in [0.1, 0.15) is 12.1 Å². The van der Waals surface area contributed by atoms with Crippen LogP contribution >= 0.6 is 11.3 Å². The molecule has 0 N–H and O–H groups in total. The van der Waals surface area contributed by atoms with Gasteiger partial charge in [0, 0.05) is 43.2 Å². The maximum absolute atomic E-state index is 13.4. The van der Waals surface area contributed by atoms with Crippen molar-refractivity contribution in [3.63, 3.8) is 0 Å². The molecule has 150 valence electrons. The van der Waals surface area contributed by atoms with Crippen molar-refractivity contribution in [3.8, 4) is 10.6 Å². The molecule has 0 spiro atoms. The zero-order valence-corrected chi connectivity index (χ0v) is 17.0. The summed E-state index contributed by atoms with van der Waals surface area (Å²) in [5, 5.41) is 2.55. The van der Waals surface area contributed by atoms with Gasteiger partial charge in [-0.1, -0.05) is 12.1 Å². The van der Waals surface area contributed by atoms with E-state index in [1.807, 2.05) is 10.3 Å². The first-order valence-electron chi connectivity index (χ1n) is 9.32. The van der Waals surface area contributed by atoms with Gasteiger partial charge in [0.1, 0.15) is 10.8 Å². The smallest absolute Gasteiger partial charge is 0.228 e. The summed E-state index contributed by atoms with van der Waals surface area (Å²) >= 11 is 1.40. The van der Waals surface area contributed by atoms with Crippen molar-refractivity contribution >= 4 is 27.1 Å². The Labute approximate surface area is 167 Å². The zero-order valence-electron chi connectivity index (χ0n) is 15.4. The van der Waals surface area contributed by atoms with Gasteiger partial charge in [0.2, 0.25) is 5.91 Å². The van der Waals surface area contributed by atoms with E-state index in [0.717, 1.165) is 0 Å². The van der Waals surface area contributed by atoms with Gasteiger partial charge in [0.15, 0.2) is 9.84 Å². The summed E-state index contributed by atoms with van der Waals surface area (Å²) in [5.74, 6) is 0.227. The molecule has 0 aliphatic carbocycles. The number of benzene rings is 1. The number of piperazine rings is 1. The number of thiazole rings is 1. The number of carbonyl (C=O) groups excluding carboxylic acids is 1. The van der Waals surface area contributed by atoms with Crippen LogP contribution in [-0.2, 0) is 21.1 Å². The summed E-state index contributed by atoms with van der Waals surface area (Å²) in [7, 11) is -2.89.